The summed E-state index contributed by atoms with van der Waals surface area (Å²) in [7, 11) is 0. The SMILES string of the molecule is C[C@@H]1CCCC[C@@H]1NC(=O)CSc1nc2cc([N+](=O)[O-])ccc2o1. The number of oxazole rings is 1. The number of nitrogens with one attached hydrogen (secondary N) is 1. The molecule has 0 bridgehead atoms. The summed E-state index contributed by atoms with van der Waals surface area (Å²) < 4.78 is 5.51. The summed E-state index contributed by atoms with van der Waals surface area (Å²) in [6, 6.07) is 4.51. The largest absolute Gasteiger partial charge is 0.431 e. The molecule has 1 aliphatic rings. The minimum absolute atomic E-state index is 0.0311. The van der Waals surface area contributed by atoms with Gasteiger partial charge in [0.2, 0.25) is 5.91 Å². The van der Waals surface area contributed by atoms with Gasteiger partial charge in [0.05, 0.1) is 10.7 Å². The van der Waals surface area contributed by atoms with Crippen molar-refractivity contribution in [1.82, 2.24) is 10.3 Å². The molecule has 2 aromatic rings. The van der Waals surface area contributed by atoms with Gasteiger partial charge in [-0.25, -0.2) is 4.98 Å². The molecular formula is C16H19N3O4S. The van der Waals surface area contributed by atoms with Crippen LogP contribution in [0.3, 0.4) is 0 Å². The zero-order valence-corrected chi connectivity index (χ0v) is 14.2. The number of nitro groups is 1. The van der Waals surface area contributed by atoms with Crippen molar-refractivity contribution in [2.24, 2.45) is 5.92 Å². The van der Waals surface area contributed by atoms with E-state index >= 15 is 0 Å². The molecule has 7 nitrogen and oxygen atoms in total. The maximum Gasteiger partial charge on any atom is 0.271 e. The van der Waals surface area contributed by atoms with Crippen LogP contribution in [-0.2, 0) is 4.79 Å². The van der Waals surface area contributed by atoms with E-state index in [0.717, 1.165) is 19.3 Å². The number of amides is 1. The summed E-state index contributed by atoms with van der Waals surface area (Å²) in [6.45, 7) is 2.17. The highest BCUT2D eigenvalue weighted by Gasteiger charge is 2.23. The predicted octanol–water partition coefficient (Wildman–Crippen LogP) is 3.52. The lowest BCUT2D eigenvalue weighted by atomic mass is 9.86. The van der Waals surface area contributed by atoms with Crippen molar-refractivity contribution in [3.8, 4) is 0 Å². The van der Waals surface area contributed by atoms with Crippen LogP contribution < -0.4 is 5.32 Å². The van der Waals surface area contributed by atoms with Crippen molar-refractivity contribution in [2.45, 2.75) is 43.9 Å². The Morgan fingerprint density at radius 1 is 1.46 bits per heavy atom. The van der Waals surface area contributed by atoms with Gasteiger partial charge in [0.1, 0.15) is 5.52 Å². The van der Waals surface area contributed by atoms with Crippen molar-refractivity contribution in [3.63, 3.8) is 0 Å². The minimum atomic E-state index is -0.472. The third-order valence-electron chi connectivity index (χ3n) is 4.35. The van der Waals surface area contributed by atoms with Crippen LogP contribution in [0.1, 0.15) is 32.6 Å². The standard InChI is InChI=1S/C16H19N3O4S/c1-10-4-2-3-5-12(10)17-15(20)9-24-16-18-13-8-11(19(21)22)6-7-14(13)23-16/h6-8,10,12H,2-5,9H2,1H3,(H,17,20)/t10-,12+/m1/s1. The normalized spacial score (nSPS) is 20.9. The van der Waals surface area contributed by atoms with Crippen molar-refractivity contribution >= 4 is 34.5 Å². The van der Waals surface area contributed by atoms with Crippen molar-refractivity contribution in [3.05, 3.63) is 28.3 Å². The number of carbonyl (C=O) groups excluding carboxylic acids is 1. The number of carbonyl (C=O) groups is 1. The molecule has 1 aromatic heterocycles. The van der Waals surface area contributed by atoms with E-state index in [4.69, 9.17) is 4.42 Å². The summed E-state index contributed by atoms with van der Waals surface area (Å²) in [4.78, 5) is 26.6. The topological polar surface area (TPSA) is 98.3 Å². The predicted molar refractivity (Wildman–Crippen MR) is 91.0 cm³/mol. The van der Waals surface area contributed by atoms with E-state index in [-0.39, 0.29) is 23.4 Å². The first-order chi connectivity index (χ1) is 11.5. The zero-order valence-electron chi connectivity index (χ0n) is 13.4. The third-order valence-corrected chi connectivity index (χ3v) is 5.18. The Kier molecular flexibility index (Phi) is 5.03. The quantitative estimate of drug-likeness (QED) is 0.504. The highest BCUT2D eigenvalue weighted by Crippen LogP contribution is 2.27. The van der Waals surface area contributed by atoms with Crippen LogP contribution in [0.2, 0.25) is 0 Å². The molecule has 0 unspecified atom stereocenters. The van der Waals surface area contributed by atoms with E-state index in [0.29, 0.717) is 22.2 Å². The van der Waals surface area contributed by atoms with Crippen LogP contribution in [0.4, 0.5) is 5.69 Å². The Morgan fingerprint density at radius 2 is 2.25 bits per heavy atom. The van der Waals surface area contributed by atoms with Gasteiger partial charge in [0, 0.05) is 18.2 Å². The number of thioether (sulfide) groups is 1. The summed E-state index contributed by atoms with van der Waals surface area (Å²) in [5.41, 5.74) is 0.869. The van der Waals surface area contributed by atoms with Gasteiger partial charge in [-0.15, -0.1) is 0 Å². The Morgan fingerprint density at radius 3 is 3.00 bits per heavy atom. The summed E-state index contributed by atoms with van der Waals surface area (Å²) in [6.07, 6.45) is 4.58. The fourth-order valence-electron chi connectivity index (χ4n) is 2.98. The second-order valence-corrected chi connectivity index (χ2v) is 7.04. The van der Waals surface area contributed by atoms with Crippen LogP contribution in [0, 0.1) is 16.0 Å². The van der Waals surface area contributed by atoms with Crippen LogP contribution in [0.5, 0.6) is 0 Å². The monoisotopic (exact) mass is 349 g/mol. The minimum Gasteiger partial charge on any atom is -0.431 e. The highest BCUT2D eigenvalue weighted by molar-refractivity contribution is 7.99. The van der Waals surface area contributed by atoms with Gasteiger partial charge in [-0.2, -0.15) is 0 Å². The highest BCUT2D eigenvalue weighted by atomic mass is 32.2. The Balaban J connectivity index is 1.58. The van der Waals surface area contributed by atoms with E-state index in [2.05, 4.69) is 17.2 Å². The van der Waals surface area contributed by atoms with E-state index in [9.17, 15) is 14.9 Å². The number of nitrogens with zero attached hydrogens (tertiary/aromatic N) is 2. The lowest BCUT2D eigenvalue weighted by molar-refractivity contribution is -0.384. The molecule has 1 aliphatic carbocycles. The van der Waals surface area contributed by atoms with E-state index in [1.807, 2.05) is 0 Å². The number of rotatable bonds is 5. The van der Waals surface area contributed by atoms with E-state index < -0.39 is 4.92 Å². The number of non-ortho nitro benzene ring substituents is 1. The lowest BCUT2D eigenvalue weighted by Gasteiger charge is -2.29. The average Bonchev–Trinajstić information content (AvgIpc) is 2.97. The maximum atomic E-state index is 12.1. The Labute approximate surface area is 143 Å². The third kappa shape index (κ3) is 3.87. The molecule has 1 heterocycles. The Bertz CT molecular complexity index is 761. The molecule has 1 N–H and O–H groups in total. The first-order valence-electron chi connectivity index (χ1n) is 8.00. The van der Waals surface area contributed by atoms with Crippen LogP contribution in [0.15, 0.2) is 27.8 Å². The number of nitro benzene ring substituents is 1. The molecule has 0 aliphatic heterocycles. The summed E-state index contributed by atoms with van der Waals surface area (Å²) >= 11 is 1.20. The molecule has 3 rings (SSSR count). The number of fused-ring (bicyclic) bond motifs is 1. The average molecular weight is 349 g/mol. The lowest BCUT2D eigenvalue weighted by Crippen LogP contribution is -2.41. The van der Waals surface area contributed by atoms with Gasteiger partial charge < -0.3 is 9.73 Å². The molecule has 1 aromatic carbocycles. The number of benzene rings is 1. The van der Waals surface area contributed by atoms with Gasteiger partial charge in [-0.05, 0) is 24.8 Å². The number of hydrogen-bond donors (Lipinski definition) is 1. The second-order valence-electron chi connectivity index (χ2n) is 6.11. The molecule has 8 heteroatoms. The molecule has 0 radical (unpaired) electrons. The molecule has 2 atom stereocenters. The maximum absolute atomic E-state index is 12.1. The molecule has 0 spiro atoms. The molecule has 0 saturated heterocycles. The van der Waals surface area contributed by atoms with Crippen molar-refractivity contribution in [2.75, 3.05) is 5.75 Å². The molecule has 1 fully saturated rings. The fourth-order valence-corrected chi connectivity index (χ4v) is 3.63. The van der Waals surface area contributed by atoms with Crippen LogP contribution in [-0.4, -0.2) is 27.6 Å². The van der Waals surface area contributed by atoms with Gasteiger partial charge in [-0.1, -0.05) is 31.5 Å². The van der Waals surface area contributed by atoms with E-state index in [1.165, 1.54) is 36.4 Å². The number of hydrogen-bond acceptors (Lipinski definition) is 6. The summed E-state index contributed by atoms with van der Waals surface area (Å²) in [5.74, 6) is 0.697. The first kappa shape index (κ1) is 16.8. The summed E-state index contributed by atoms with van der Waals surface area (Å²) in [5, 5.41) is 14.2. The molecule has 24 heavy (non-hydrogen) atoms. The van der Waals surface area contributed by atoms with Crippen molar-refractivity contribution in [1.29, 1.82) is 0 Å². The van der Waals surface area contributed by atoms with E-state index in [1.54, 1.807) is 0 Å². The van der Waals surface area contributed by atoms with Crippen LogP contribution >= 0.6 is 11.8 Å². The molecule has 1 saturated carbocycles. The fraction of sp³-hybridized carbons (Fsp3) is 0.500. The van der Waals surface area contributed by atoms with Crippen molar-refractivity contribution < 1.29 is 14.1 Å². The van der Waals surface area contributed by atoms with Gasteiger partial charge >= 0.3 is 0 Å². The molecular weight excluding hydrogens is 330 g/mol. The van der Waals surface area contributed by atoms with Gasteiger partial charge in [0.25, 0.3) is 10.9 Å². The van der Waals surface area contributed by atoms with Crippen LogP contribution in [0.25, 0.3) is 11.1 Å². The number of aromatic nitrogens is 1. The zero-order chi connectivity index (χ0) is 17.1. The smallest absolute Gasteiger partial charge is 0.271 e. The van der Waals surface area contributed by atoms with Gasteiger partial charge in [-0.3, -0.25) is 14.9 Å². The Hall–Kier alpha value is -2.09. The molecule has 1 amide bonds. The first-order valence-corrected chi connectivity index (χ1v) is 8.98. The van der Waals surface area contributed by atoms with Gasteiger partial charge in [0.15, 0.2) is 5.58 Å². The second kappa shape index (κ2) is 7.21. The molecule has 128 valence electrons.